The molecule has 0 bridgehead atoms. The number of nitrogens with zero attached hydrogens (tertiary/aromatic N) is 1. The molecule has 1 atom stereocenters. The highest BCUT2D eigenvalue weighted by molar-refractivity contribution is 9.10. The summed E-state index contributed by atoms with van der Waals surface area (Å²) in [5.41, 5.74) is 1.59. The van der Waals surface area contributed by atoms with Crippen LogP contribution in [-0.2, 0) is 16.4 Å². The van der Waals surface area contributed by atoms with E-state index in [2.05, 4.69) is 47.7 Å². The van der Waals surface area contributed by atoms with Crippen molar-refractivity contribution in [1.29, 1.82) is 5.26 Å². The van der Waals surface area contributed by atoms with Gasteiger partial charge >= 0.3 is 0 Å². The van der Waals surface area contributed by atoms with Gasteiger partial charge in [0.05, 0.1) is 0 Å². The molecule has 1 aromatic carbocycles. The SMILES string of the molecule is C[Si](C)(C)O[C@]1(C#N)CCc2cc(Br)ccc21. The van der Waals surface area contributed by atoms with Gasteiger partial charge in [0.2, 0.25) is 0 Å². The van der Waals surface area contributed by atoms with Gasteiger partial charge in [0.1, 0.15) is 6.07 Å². The zero-order valence-corrected chi connectivity index (χ0v) is 13.0. The van der Waals surface area contributed by atoms with E-state index in [1.165, 1.54) is 5.56 Å². The van der Waals surface area contributed by atoms with E-state index in [4.69, 9.17) is 4.43 Å². The van der Waals surface area contributed by atoms with Crippen molar-refractivity contribution in [1.82, 2.24) is 0 Å². The van der Waals surface area contributed by atoms with Crippen molar-refractivity contribution in [3.8, 4) is 6.07 Å². The van der Waals surface area contributed by atoms with Crippen LogP contribution in [-0.4, -0.2) is 8.32 Å². The topological polar surface area (TPSA) is 33.0 Å². The summed E-state index contributed by atoms with van der Waals surface area (Å²) in [6.07, 6.45) is 1.70. The fraction of sp³-hybridized carbons (Fsp3) is 0.462. The molecule has 2 nitrogen and oxygen atoms in total. The lowest BCUT2D eigenvalue weighted by Gasteiger charge is -2.31. The van der Waals surface area contributed by atoms with E-state index < -0.39 is 13.9 Å². The summed E-state index contributed by atoms with van der Waals surface area (Å²) in [6, 6.07) is 8.52. The van der Waals surface area contributed by atoms with Gasteiger partial charge in [-0.1, -0.05) is 22.0 Å². The monoisotopic (exact) mass is 309 g/mol. The minimum absolute atomic E-state index is 0.708. The average Bonchev–Trinajstić information content (AvgIpc) is 2.55. The Morgan fingerprint density at radius 3 is 2.71 bits per heavy atom. The Bertz CT molecular complexity index is 489. The van der Waals surface area contributed by atoms with Crippen LogP contribution in [0.5, 0.6) is 0 Å². The molecule has 2 rings (SSSR count). The van der Waals surface area contributed by atoms with Crippen molar-refractivity contribution >= 4 is 24.2 Å². The van der Waals surface area contributed by atoms with Gasteiger partial charge in [0.15, 0.2) is 13.9 Å². The lowest BCUT2D eigenvalue weighted by Crippen LogP contribution is -2.38. The van der Waals surface area contributed by atoms with Crippen LogP contribution in [0.3, 0.4) is 0 Å². The van der Waals surface area contributed by atoms with E-state index in [0.29, 0.717) is 0 Å². The van der Waals surface area contributed by atoms with Crippen LogP contribution in [0.1, 0.15) is 17.5 Å². The smallest absolute Gasteiger partial charge is 0.186 e. The Morgan fingerprint density at radius 1 is 1.41 bits per heavy atom. The average molecular weight is 310 g/mol. The van der Waals surface area contributed by atoms with E-state index in [1.54, 1.807) is 0 Å². The highest BCUT2D eigenvalue weighted by Gasteiger charge is 2.43. The molecule has 1 aliphatic carbocycles. The van der Waals surface area contributed by atoms with Crippen molar-refractivity contribution in [2.75, 3.05) is 0 Å². The molecular weight excluding hydrogens is 294 g/mol. The van der Waals surface area contributed by atoms with E-state index in [1.807, 2.05) is 12.1 Å². The first-order valence-electron chi connectivity index (χ1n) is 5.77. The minimum Gasteiger partial charge on any atom is -0.396 e. The summed E-state index contributed by atoms with van der Waals surface area (Å²) in [6.45, 7) is 6.38. The van der Waals surface area contributed by atoms with Crippen molar-refractivity contribution in [3.05, 3.63) is 33.8 Å². The maximum Gasteiger partial charge on any atom is 0.186 e. The molecule has 0 amide bonds. The van der Waals surface area contributed by atoms with Gasteiger partial charge in [-0.15, -0.1) is 0 Å². The number of nitriles is 1. The third kappa shape index (κ3) is 2.47. The molecule has 1 aliphatic rings. The van der Waals surface area contributed by atoms with Crippen LogP contribution in [0.4, 0.5) is 0 Å². The molecular formula is C13H16BrNOSi. The van der Waals surface area contributed by atoms with E-state index >= 15 is 0 Å². The van der Waals surface area contributed by atoms with Crippen LogP contribution in [0.25, 0.3) is 0 Å². The first-order chi connectivity index (χ1) is 7.86. The van der Waals surface area contributed by atoms with Gasteiger partial charge in [0, 0.05) is 10.0 Å². The molecule has 0 heterocycles. The summed E-state index contributed by atoms with van der Waals surface area (Å²) in [7, 11) is -1.73. The number of halogens is 1. The van der Waals surface area contributed by atoms with Crippen LogP contribution < -0.4 is 0 Å². The summed E-state index contributed by atoms with van der Waals surface area (Å²) >= 11 is 3.47. The molecule has 0 radical (unpaired) electrons. The van der Waals surface area contributed by atoms with Crippen molar-refractivity contribution < 1.29 is 4.43 Å². The van der Waals surface area contributed by atoms with E-state index in [0.717, 1.165) is 22.9 Å². The summed E-state index contributed by atoms with van der Waals surface area (Å²) < 4.78 is 7.23. The molecule has 90 valence electrons. The van der Waals surface area contributed by atoms with Crippen LogP contribution in [0.15, 0.2) is 22.7 Å². The third-order valence-electron chi connectivity index (χ3n) is 2.91. The van der Waals surface area contributed by atoms with Crippen molar-refractivity contribution in [2.24, 2.45) is 0 Å². The standard InChI is InChI=1S/C13H16BrNOSi/c1-17(2,3)16-13(9-15)7-6-10-8-11(14)4-5-12(10)13/h4-5,8H,6-7H2,1-3H3/t13-/m0/s1. The predicted octanol–water partition coefficient (Wildman–Crippen LogP) is 3.97. The molecule has 1 aromatic rings. The molecule has 0 saturated heterocycles. The molecule has 0 aliphatic heterocycles. The van der Waals surface area contributed by atoms with Crippen molar-refractivity contribution in [3.63, 3.8) is 0 Å². The van der Waals surface area contributed by atoms with Gasteiger partial charge in [-0.05, 0) is 50.2 Å². The second-order valence-corrected chi connectivity index (χ2v) is 10.8. The largest absolute Gasteiger partial charge is 0.396 e. The van der Waals surface area contributed by atoms with E-state index in [9.17, 15) is 5.26 Å². The van der Waals surface area contributed by atoms with Crippen molar-refractivity contribution in [2.45, 2.75) is 38.1 Å². The Morgan fingerprint density at radius 2 is 2.12 bits per heavy atom. The molecule has 0 saturated carbocycles. The first kappa shape index (κ1) is 12.8. The van der Waals surface area contributed by atoms with Crippen LogP contribution >= 0.6 is 15.9 Å². The molecule has 17 heavy (non-hydrogen) atoms. The maximum absolute atomic E-state index is 9.53. The third-order valence-corrected chi connectivity index (χ3v) is 4.36. The maximum atomic E-state index is 9.53. The second kappa shape index (κ2) is 4.24. The Balaban J connectivity index is 2.45. The lowest BCUT2D eigenvalue weighted by atomic mass is 9.98. The van der Waals surface area contributed by atoms with Gasteiger partial charge in [-0.2, -0.15) is 5.26 Å². The molecule has 0 spiro atoms. The number of rotatable bonds is 2. The second-order valence-electron chi connectivity index (χ2n) is 5.45. The number of hydrogen-bond acceptors (Lipinski definition) is 2. The Kier molecular flexibility index (Phi) is 3.19. The van der Waals surface area contributed by atoms with Gasteiger partial charge in [0.25, 0.3) is 0 Å². The Hall–Kier alpha value is -0.633. The number of hydrogen-bond donors (Lipinski definition) is 0. The number of fused-ring (bicyclic) bond motifs is 1. The van der Waals surface area contributed by atoms with Gasteiger partial charge in [-0.25, -0.2) is 0 Å². The fourth-order valence-corrected chi connectivity index (χ4v) is 4.09. The minimum atomic E-state index is -1.73. The van der Waals surface area contributed by atoms with Crippen LogP contribution in [0.2, 0.25) is 19.6 Å². The molecule has 0 fully saturated rings. The predicted molar refractivity (Wildman–Crippen MR) is 74.2 cm³/mol. The fourth-order valence-electron chi connectivity index (χ4n) is 2.38. The normalized spacial score (nSPS) is 23.2. The van der Waals surface area contributed by atoms with Gasteiger partial charge in [-0.3, -0.25) is 0 Å². The lowest BCUT2D eigenvalue weighted by molar-refractivity contribution is 0.121. The zero-order valence-electron chi connectivity index (χ0n) is 10.4. The molecule has 0 N–H and O–H groups in total. The summed E-state index contributed by atoms with van der Waals surface area (Å²) in [5, 5.41) is 9.53. The molecule has 0 unspecified atom stereocenters. The summed E-state index contributed by atoms with van der Waals surface area (Å²) in [5.74, 6) is 0. The van der Waals surface area contributed by atoms with E-state index in [-0.39, 0.29) is 0 Å². The zero-order chi connectivity index (χ0) is 12.7. The molecule has 4 heteroatoms. The first-order valence-corrected chi connectivity index (χ1v) is 9.97. The quantitative estimate of drug-likeness (QED) is 0.775. The number of aryl methyl sites for hydroxylation is 1. The number of benzene rings is 1. The summed E-state index contributed by atoms with van der Waals surface area (Å²) in [4.78, 5) is 0. The van der Waals surface area contributed by atoms with Crippen LogP contribution in [0, 0.1) is 11.3 Å². The molecule has 0 aromatic heterocycles. The highest BCUT2D eigenvalue weighted by Crippen LogP contribution is 2.42. The Labute approximate surface area is 112 Å². The highest BCUT2D eigenvalue weighted by atomic mass is 79.9. The van der Waals surface area contributed by atoms with Gasteiger partial charge < -0.3 is 4.43 Å².